The summed E-state index contributed by atoms with van der Waals surface area (Å²) in [6.45, 7) is 3.73. The number of carbonyl (C=O) groups is 1. The zero-order valence-electron chi connectivity index (χ0n) is 14.2. The third-order valence-electron chi connectivity index (χ3n) is 3.83. The van der Waals surface area contributed by atoms with Crippen molar-refractivity contribution in [1.82, 2.24) is 15.0 Å². The first-order chi connectivity index (χ1) is 12.3. The lowest BCUT2D eigenvalue weighted by Gasteiger charge is -2.06. The highest BCUT2D eigenvalue weighted by molar-refractivity contribution is 7.89. The average Bonchev–Trinajstić information content (AvgIpc) is 2.97. The molecule has 0 fully saturated rings. The van der Waals surface area contributed by atoms with Crippen LogP contribution in [0.2, 0.25) is 0 Å². The molecule has 9 heteroatoms. The van der Waals surface area contributed by atoms with E-state index in [1.54, 1.807) is 11.6 Å². The largest absolute Gasteiger partial charge is 0.321 e. The van der Waals surface area contributed by atoms with Gasteiger partial charge in [-0.3, -0.25) is 4.79 Å². The number of aryl methyl sites for hydroxylation is 1. The Kier molecular flexibility index (Phi) is 4.58. The van der Waals surface area contributed by atoms with Crippen molar-refractivity contribution in [3.63, 3.8) is 0 Å². The Bertz CT molecular complexity index is 1050. The summed E-state index contributed by atoms with van der Waals surface area (Å²) in [5.74, 6) is -0.441. The van der Waals surface area contributed by atoms with E-state index in [2.05, 4.69) is 15.6 Å². The van der Waals surface area contributed by atoms with Crippen LogP contribution in [0, 0.1) is 13.8 Å². The van der Waals surface area contributed by atoms with Gasteiger partial charge in [0.15, 0.2) is 5.69 Å². The highest BCUT2D eigenvalue weighted by atomic mass is 32.2. The van der Waals surface area contributed by atoms with E-state index in [-0.39, 0.29) is 10.6 Å². The standard InChI is InChI=1S/C17H17N5O3S/c1-11-3-7-14(8-4-11)22-12(2)16(20-21-22)17(23)19-13-5-9-15(10-6-13)26(18,24)25/h3-10H,1-2H3,(H,19,23)(H2,18,24,25). The molecule has 0 radical (unpaired) electrons. The molecule has 3 N–H and O–H groups in total. The molecule has 2 aromatic carbocycles. The number of nitrogens with one attached hydrogen (secondary N) is 1. The molecule has 0 aliphatic heterocycles. The number of amides is 1. The van der Waals surface area contributed by atoms with Gasteiger partial charge in [0.25, 0.3) is 5.91 Å². The van der Waals surface area contributed by atoms with Crippen LogP contribution in [0.4, 0.5) is 5.69 Å². The second-order valence-corrected chi connectivity index (χ2v) is 7.36. The van der Waals surface area contributed by atoms with Gasteiger partial charge in [-0.15, -0.1) is 5.10 Å². The van der Waals surface area contributed by atoms with Crippen LogP contribution < -0.4 is 10.5 Å². The quantitative estimate of drug-likeness (QED) is 0.724. The lowest BCUT2D eigenvalue weighted by atomic mass is 10.2. The molecule has 1 amide bonds. The van der Waals surface area contributed by atoms with Crippen LogP contribution in [0.5, 0.6) is 0 Å². The van der Waals surface area contributed by atoms with E-state index < -0.39 is 15.9 Å². The van der Waals surface area contributed by atoms with E-state index in [1.165, 1.54) is 24.3 Å². The first kappa shape index (κ1) is 17.8. The zero-order valence-corrected chi connectivity index (χ0v) is 15.0. The molecule has 134 valence electrons. The summed E-state index contributed by atoms with van der Waals surface area (Å²) in [5, 5.41) is 15.7. The number of carbonyl (C=O) groups excluding carboxylic acids is 1. The Hall–Kier alpha value is -3.04. The van der Waals surface area contributed by atoms with Gasteiger partial charge in [-0.25, -0.2) is 18.2 Å². The van der Waals surface area contributed by atoms with E-state index in [0.29, 0.717) is 11.4 Å². The molecule has 26 heavy (non-hydrogen) atoms. The smallest absolute Gasteiger partial charge is 0.278 e. The summed E-state index contributed by atoms with van der Waals surface area (Å²) < 4.78 is 24.1. The molecule has 0 saturated carbocycles. The van der Waals surface area contributed by atoms with Gasteiger partial charge >= 0.3 is 0 Å². The Balaban J connectivity index is 1.81. The first-order valence-corrected chi connectivity index (χ1v) is 9.24. The molecule has 3 aromatic rings. The Morgan fingerprint density at radius 2 is 1.65 bits per heavy atom. The van der Waals surface area contributed by atoms with Crippen LogP contribution in [-0.2, 0) is 10.0 Å². The minimum absolute atomic E-state index is 0.0306. The van der Waals surface area contributed by atoms with Crippen LogP contribution >= 0.6 is 0 Å². The fourth-order valence-electron chi connectivity index (χ4n) is 2.39. The highest BCUT2D eigenvalue weighted by Crippen LogP contribution is 2.16. The summed E-state index contributed by atoms with van der Waals surface area (Å²) in [6.07, 6.45) is 0. The van der Waals surface area contributed by atoms with Crippen molar-refractivity contribution in [1.29, 1.82) is 0 Å². The molecule has 0 saturated heterocycles. The third kappa shape index (κ3) is 3.63. The van der Waals surface area contributed by atoms with Crippen molar-refractivity contribution in [2.24, 2.45) is 5.14 Å². The normalized spacial score (nSPS) is 11.3. The van der Waals surface area contributed by atoms with Crippen LogP contribution in [-0.4, -0.2) is 29.3 Å². The highest BCUT2D eigenvalue weighted by Gasteiger charge is 2.18. The topological polar surface area (TPSA) is 120 Å². The maximum absolute atomic E-state index is 12.4. The number of nitrogens with zero attached hydrogens (tertiary/aromatic N) is 3. The fourth-order valence-corrected chi connectivity index (χ4v) is 2.90. The second kappa shape index (κ2) is 6.70. The number of anilines is 1. The average molecular weight is 371 g/mol. The first-order valence-electron chi connectivity index (χ1n) is 7.69. The molecule has 8 nitrogen and oxygen atoms in total. The molecule has 0 bridgehead atoms. The van der Waals surface area contributed by atoms with E-state index in [9.17, 15) is 13.2 Å². The minimum atomic E-state index is -3.78. The summed E-state index contributed by atoms with van der Waals surface area (Å²) in [7, 11) is -3.78. The summed E-state index contributed by atoms with van der Waals surface area (Å²) in [5.41, 5.74) is 3.12. The monoisotopic (exact) mass is 371 g/mol. The van der Waals surface area contributed by atoms with E-state index in [1.807, 2.05) is 31.2 Å². The maximum Gasteiger partial charge on any atom is 0.278 e. The summed E-state index contributed by atoms with van der Waals surface area (Å²) >= 11 is 0. The molecular weight excluding hydrogens is 354 g/mol. The van der Waals surface area contributed by atoms with E-state index >= 15 is 0 Å². The van der Waals surface area contributed by atoms with Crippen molar-refractivity contribution in [3.05, 3.63) is 65.5 Å². The second-order valence-electron chi connectivity index (χ2n) is 5.79. The van der Waals surface area contributed by atoms with Crippen molar-refractivity contribution in [2.75, 3.05) is 5.32 Å². The van der Waals surface area contributed by atoms with Gasteiger partial charge in [-0.05, 0) is 50.2 Å². The third-order valence-corrected chi connectivity index (χ3v) is 4.76. The predicted molar refractivity (Wildman–Crippen MR) is 96.6 cm³/mol. The van der Waals surface area contributed by atoms with Crippen molar-refractivity contribution in [3.8, 4) is 5.69 Å². The number of sulfonamides is 1. The van der Waals surface area contributed by atoms with Crippen molar-refractivity contribution < 1.29 is 13.2 Å². The van der Waals surface area contributed by atoms with Crippen molar-refractivity contribution >= 4 is 21.6 Å². The van der Waals surface area contributed by atoms with Gasteiger partial charge in [0.05, 0.1) is 16.3 Å². The van der Waals surface area contributed by atoms with Gasteiger partial charge in [-0.1, -0.05) is 22.9 Å². The molecule has 1 heterocycles. The number of hydrogen-bond donors (Lipinski definition) is 2. The molecule has 0 aliphatic rings. The number of aromatic nitrogens is 3. The molecule has 0 unspecified atom stereocenters. The van der Waals surface area contributed by atoms with Gasteiger partial charge < -0.3 is 5.32 Å². The molecular formula is C17H17N5O3S. The molecule has 0 atom stereocenters. The Morgan fingerprint density at radius 1 is 1.04 bits per heavy atom. The maximum atomic E-state index is 12.4. The fraction of sp³-hybridized carbons (Fsp3) is 0.118. The molecule has 1 aromatic heterocycles. The zero-order chi connectivity index (χ0) is 18.9. The van der Waals surface area contributed by atoms with Gasteiger partial charge in [0.2, 0.25) is 10.0 Å². The lowest BCUT2D eigenvalue weighted by Crippen LogP contribution is -2.15. The summed E-state index contributed by atoms with van der Waals surface area (Å²) in [6, 6.07) is 13.2. The number of benzene rings is 2. The molecule has 3 rings (SSSR count). The van der Waals surface area contributed by atoms with Gasteiger partial charge in [0, 0.05) is 5.69 Å². The Morgan fingerprint density at radius 3 is 2.23 bits per heavy atom. The van der Waals surface area contributed by atoms with Gasteiger partial charge in [-0.2, -0.15) is 0 Å². The van der Waals surface area contributed by atoms with Crippen LogP contribution in [0.1, 0.15) is 21.7 Å². The predicted octanol–water partition coefficient (Wildman–Crippen LogP) is 1.78. The molecule has 0 spiro atoms. The van der Waals surface area contributed by atoms with Crippen molar-refractivity contribution in [2.45, 2.75) is 18.7 Å². The number of primary sulfonamides is 1. The number of nitrogens with two attached hydrogens (primary N) is 1. The van der Waals surface area contributed by atoms with Crippen LogP contribution in [0.15, 0.2) is 53.4 Å². The van der Waals surface area contributed by atoms with E-state index in [0.717, 1.165) is 11.3 Å². The van der Waals surface area contributed by atoms with E-state index in [4.69, 9.17) is 5.14 Å². The van der Waals surface area contributed by atoms with Crippen LogP contribution in [0.25, 0.3) is 5.69 Å². The van der Waals surface area contributed by atoms with Crippen LogP contribution in [0.3, 0.4) is 0 Å². The number of rotatable bonds is 4. The molecule has 0 aliphatic carbocycles. The summed E-state index contributed by atoms with van der Waals surface area (Å²) in [4.78, 5) is 12.4. The Labute approximate surface area is 150 Å². The minimum Gasteiger partial charge on any atom is -0.321 e. The SMILES string of the molecule is Cc1ccc(-n2nnc(C(=O)Nc3ccc(S(N)(=O)=O)cc3)c2C)cc1. The number of hydrogen-bond acceptors (Lipinski definition) is 5. The van der Waals surface area contributed by atoms with Gasteiger partial charge in [0.1, 0.15) is 0 Å². The lowest BCUT2D eigenvalue weighted by molar-refractivity contribution is 0.102.